The Kier molecular flexibility index (Phi) is 6.39. The quantitative estimate of drug-likeness (QED) is 0.660. The van der Waals surface area contributed by atoms with Crippen LogP contribution in [0.2, 0.25) is 5.02 Å². The SMILES string of the molecule is COc1ccc(N(CCCC(=O)N2c3ccccc3C[C@@H]2C)S(C)(=O)=O)cc1Cl. The highest BCUT2D eigenvalue weighted by molar-refractivity contribution is 7.92. The summed E-state index contributed by atoms with van der Waals surface area (Å²) >= 11 is 6.15. The zero-order chi connectivity index (χ0) is 21.2. The molecule has 0 spiro atoms. The van der Waals surface area contributed by atoms with Crippen molar-refractivity contribution in [3.8, 4) is 5.75 Å². The van der Waals surface area contributed by atoms with Gasteiger partial charge in [-0.2, -0.15) is 0 Å². The van der Waals surface area contributed by atoms with Gasteiger partial charge >= 0.3 is 0 Å². The molecule has 0 N–H and O–H groups in total. The highest BCUT2D eigenvalue weighted by Gasteiger charge is 2.30. The molecule has 29 heavy (non-hydrogen) atoms. The average Bonchev–Trinajstić information content (AvgIpc) is 2.99. The van der Waals surface area contributed by atoms with Gasteiger partial charge in [0.05, 0.1) is 24.1 Å². The molecule has 0 saturated heterocycles. The highest BCUT2D eigenvalue weighted by Crippen LogP contribution is 2.33. The number of anilines is 2. The standard InChI is InChI=1S/C21H25ClN2O4S/c1-15-13-16-7-4-5-8-19(16)24(15)21(25)9-6-12-23(29(3,26)27)17-10-11-20(28-2)18(22)14-17/h4-5,7-8,10-11,14-15H,6,9,12-13H2,1-3H3/t15-/m0/s1. The van der Waals surface area contributed by atoms with E-state index >= 15 is 0 Å². The van der Waals surface area contributed by atoms with Crippen LogP contribution in [0.15, 0.2) is 42.5 Å². The summed E-state index contributed by atoms with van der Waals surface area (Å²) in [6.45, 7) is 2.22. The number of fused-ring (bicyclic) bond motifs is 1. The minimum atomic E-state index is -3.52. The van der Waals surface area contributed by atoms with Gasteiger partial charge < -0.3 is 9.64 Å². The molecule has 2 aromatic rings. The normalized spacial score (nSPS) is 15.9. The Balaban J connectivity index is 1.70. The zero-order valence-corrected chi connectivity index (χ0v) is 18.3. The molecule has 1 heterocycles. The average molecular weight is 437 g/mol. The molecule has 1 aliphatic heterocycles. The number of rotatable bonds is 7. The summed E-state index contributed by atoms with van der Waals surface area (Å²) in [6.07, 6.45) is 2.64. The van der Waals surface area contributed by atoms with Crippen LogP contribution in [-0.2, 0) is 21.2 Å². The van der Waals surface area contributed by atoms with Crippen molar-refractivity contribution in [2.24, 2.45) is 0 Å². The van der Waals surface area contributed by atoms with E-state index in [0.29, 0.717) is 22.9 Å². The number of nitrogens with zero attached hydrogens (tertiary/aromatic N) is 2. The number of carbonyl (C=O) groups excluding carboxylic acids is 1. The van der Waals surface area contributed by atoms with Crippen LogP contribution in [0.5, 0.6) is 5.75 Å². The Morgan fingerprint density at radius 3 is 2.66 bits per heavy atom. The van der Waals surface area contributed by atoms with Gasteiger partial charge in [0.25, 0.3) is 0 Å². The molecule has 0 radical (unpaired) electrons. The Labute approximate surface area is 177 Å². The highest BCUT2D eigenvalue weighted by atomic mass is 35.5. The predicted octanol–water partition coefficient (Wildman–Crippen LogP) is 3.87. The maximum absolute atomic E-state index is 12.8. The second-order valence-electron chi connectivity index (χ2n) is 7.20. The Morgan fingerprint density at radius 2 is 2.00 bits per heavy atom. The molecule has 156 valence electrons. The van der Waals surface area contributed by atoms with Crippen molar-refractivity contribution in [2.75, 3.05) is 29.1 Å². The number of para-hydroxylation sites is 1. The number of ether oxygens (including phenoxy) is 1. The van der Waals surface area contributed by atoms with E-state index in [9.17, 15) is 13.2 Å². The van der Waals surface area contributed by atoms with E-state index in [1.54, 1.807) is 18.2 Å². The molecule has 0 saturated carbocycles. The number of benzene rings is 2. The number of amides is 1. The first-order valence-corrected chi connectivity index (χ1v) is 11.7. The summed E-state index contributed by atoms with van der Waals surface area (Å²) in [5, 5.41) is 0.331. The number of methoxy groups -OCH3 is 1. The Morgan fingerprint density at radius 1 is 1.28 bits per heavy atom. The second-order valence-corrected chi connectivity index (χ2v) is 9.52. The number of halogens is 1. The van der Waals surface area contributed by atoms with E-state index in [2.05, 4.69) is 0 Å². The van der Waals surface area contributed by atoms with Gasteiger partial charge in [0.1, 0.15) is 5.75 Å². The number of sulfonamides is 1. The first-order valence-electron chi connectivity index (χ1n) is 9.43. The molecule has 0 bridgehead atoms. The summed E-state index contributed by atoms with van der Waals surface area (Å²) in [4.78, 5) is 14.7. The third kappa shape index (κ3) is 4.67. The van der Waals surface area contributed by atoms with Gasteiger partial charge in [0.15, 0.2) is 0 Å². The van der Waals surface area contributed by atoms with Crippen molar-refractivity contribution in [3.63, 3.8) is 0 Å². The smallest absolute Gasteiger partial charge is 0.232 e. The van der Waals surface area contributed by atoms with Crippen LogP contribution < -0.4 is 13.9 Å². The fraction of sp³-hybridized carbons (Fsp3) is 0.381. The van der Waals surface area contributed by atoms with Gasteiger partial charge in [-0.05, 0) is 49.6 Å². The van der Waals surface area contributed by atoms with Gasteiger partial charge in [0.2, 0.25) is 15.9 Å². The molecule has 0 aliphatic carbocycles. The van der Waals surface area contributed by atoms with Crippen molar-refractivity contribution in [3.05, 3.63) is 53.1 Å². The zero-order valence-electron chi connectivity index (χ0n) is 16.8. The van der Waals surface area contributed by atoms with Crippen LogP contribution in [0, 0.1) is 0 Å². The van der Waals surface area contributed by atoms with E-state index in [4.69, 9.17) is 16.3 Å². The summed E-state index contributed by atoms with van der Waals surface area (Å²) in [7, 11) is -2.02. The van der Waals surface area contributed by atoms with Crippen molar-refractivity contribution >= 4 is 38.9 Å². The summed E-state index contributed by atoms with van der Waals surface area (Å²) in [6, 6.07) is 12.8. The van der Waals surface area contributed by atoms with Crippen LogP contribution in [-0.4, -0.2) is 40.3 Å². The van der Waals surface area contributed by atoms with Gasteiger partial charge in [-0.3, -0.25) is 9.10 Å². The molecular weight excluding hydrogens is 412 g/mol. The summed E-state index contributed by atoms with van der Waals surface area (Å²) < 4.78 is 31.0. The van der Waals surface area contributed by atoms with E-state index in [1.807, 2.05) is 36.1 Å². The molecule has 6 nitrogen and oxygen atoms in total. The van der Waals surface area contributed by atoms with Gasteiger partial charge in [-0.1, -0.05) is 29.8 Å². The number of hydrogen-bond acceptors (Lipinski definition) is 4. The minimum Gasteiger partial charge on any atom is -0.495 e. The van der Waals surface area contributed by atoms with Gasteiger partial charge in [0, 0.05) is 24.7 Å². The Bertz CT molecular complexity index is 1010. The van der Waals surface area contributed by atoms with Crippen LogP contribution >= 0.6 is 11.6 Å². The number of carbonyl (C=O) groups is 1. The van der Waals surface area contributed by atoms with Crippen LogP contribution in [0.25, 0.3) is 0 Å². The molecule has 1 atom stereocenters. The third-order valence-corrected chi connectivity index (χ3v) is 6.54. The molecule has 0 fully saturated rings. The maximum Gasteiger partial charge on any atom is 0.232 e. The fourth-order valence-corrected chi connectivity index (χ4v) is 4.95. The molecule has 8 heteroatoms. The number of hydrogen-bond donors (Lipinski definition) is 0. The van der Waals surface area contributed by atoms with Crippen LogP contribution in [0.1, 0.15) is 25.3 Å². The van der Waals surface area contributed by atoms with Crippen molar-refractivity contribution in [1.29, 1.82) is 0 Å². The largest absolute Gasteiger partial charge is 0.495 e. The molecule has 0 aromatic heterocycles. The van der Waals surface area contributed by atoms with Gasteiger partial charge in [-0.15, -0.1) is 0 Å². The molecule has 2 aromatic carbocycles. The second kappa shape index (κ2) is 8.63. The molecular formula is C21H25ClN2O4S. The van der Waals surface area contributed by atoms with Gasteiger partial charge in [-0.25, -0.2) is 8.42 Å². The minimum absolute atomic E-state index is 0.00339. The topological polar surface area (TPSA) is 66.9 Å². The van der Waals surface area contributed by atoms with E-state index < -0.39 is 10.0 Å². The lowest BCUT2D eigenvalue weighted by Gasteiger charge is -2.25. The van der Waals surface area contributed by atoms with Crippen LogP contribution in [0.4, 0.5) is 11.4 Å². The monoisotopic (exact) mass is 436 g/mol. The molecule has 1 amide bonds. The molecule has 0 unspecified atom stereocenters. The first kappa shape index (κ1) is 21.5. The lowest BCUT2D eigenvalue weighted by atomic mass is 10.1. The summed E-state index contributed by atoms with van der Waals surface area (Å²) in [5.74, 6) is 0.476. The lowest BCUT2D eigenvalue weighted by molar-refractivity contribution is -0.118. The van der Waals surface area contributed by atoms with Crippen molar-refractivity contribution in [1.82, 2.24) is 0 Å². The third-order valence-electron chi connectivity index (χ3n) is 5.05. The van der Waals surface area contributed by atoms with E-state index in [-0.39, 0.29) is 24.9 Å². The summed E-state index contributed by atoms with van der Waals surface area (Å²) in [5.41, 5.74) is 2.57. The maximum atomic E-state index is 12.8. The molecule has 1 aliphatic rings. The predicted molar refractivity (Wildman–Crippen MR) is 117 cm³/mol. The van der Waals surface area contributed by atoms with Crippen molar-refractivity contribution < 1.29 is 17.9 Å². The molecule has 3 rings (SSSR count). The lowest BCUT2D eigenvalue weighted by Crippen LogP contribution is -2.37. The van der Waals surface area contributed by atoms with E-state index in [0.717, 1.165) is 18.4 Å². The Hall–Kier alpha value is -2.25. The van der Waals surface area contributed by atoms with E-state index in [1.165, 1.54) is 17.0 Å². The van der Waals surface area contributed by atoms with Crippen molar-refractivity contribution in [2.45, 2.75) is 32.2 Å². The fourth-order valence-electron chi connectivity index (χ4n) is 3.74. The van der Waals surface area contributed by atoms with Crippen LogP contribution in [0.3, 0.4) is 0 Å². The first-order chi connectivity index (χ1) is 13.7.